The number of thiazole rings is 1. The van der Waals surface area contributed by atoms with Crippen molar-refractivity contribution < 1.29 is 9.59 Å². The molecule has 1 saturated heterocycles. The van der Waals surface area contributed by atoms with Crippen molar-refractivity contribution in [3.05, 3.63) is 65.3 Å². The maximum absolute atomic E-state index is 13.0. The number of para-hydroxylation sites is 1. The van der Waals surface area contributed by atoms with Crippen LogP contribution in [-0.4, -0.2) is 39.8 Å². The average molecular weight is 407 g/mol. The number of carbonyl (C=O) groups is 2. The summed E-state index contributed by atoms with van der Waals surface area (Å²) < 4.78 is 0. The summed E-state index contributed by atoms with van der Waals surface area (Å²) in [4.78, 5) is 36.8. The lowest BCUT2D eigenvalue weighted by Crippen LogP contribution is -2.41. The van der Waals surface area contributed by atoms with E-state index < -0.39 is 0 Å². The number of hydrogen-bond acceptors (Lipinski definition) is 5. The molecule has 0 bridgehead atoms. The van der Waals surface area contributed by atoms with E-state index in [2.05, 4.69) is 15.3 Å². The Bertz CT molecular complexity index is 996. The van der Waals surface area contributed by atoms with Gasteiger partial charge in [0.05, 0.1) is 11.4 Å². The van der Waals surface area contributed by atoms with Crippen LogP contribution in [0.4, 0.5) is 5.69 Å². The minimum Gasteiger partial charge on any atom is -0.338 e. The summed E-state index contributed by atoms with van der Waals surface area (Å²) in [7, 11) is 0. The number of rotatable bonds is 4. The number of aryl methyl sites for hydroxylation is 1. The van der Waals surface area contributed by atoms with Crippen LogP contribution < -0.4 is 5.32 Å². The molecule has 2 aromatic heterocycles. The summed E-state index contributed by atoms with van der Waals surface area (Å²) >= 11 is 1.38. The van der Waals surface area contributed by atoms with Gasteiger partial charge in [0.25, 0.3) is 5.91 Å². The van der Waals surface area contributed by atoms with Crippen molar-refractivity contribution in [1.29, 1.82) is 0 Å². The third-order valence-corrected chi connectivity index (χ3v) is 6.24. The minimum atomic E-state index is -0.0779. The zero-order chi connectivity index (χ0) is 20.2. The Labute approximate surface area is 173 Å². The van der Waals surface area contributed by atoms with Crippen LogP contribution in [0.2, 0.25) is 0 Å². The molecule has 3 heterocycles. The number of nitrogens with zero attached hydrogens (tertiary/aromatic N) is 3. The first-order valence-electron chi connectivity index (χ1n) is 9.66. The SMILES string of the molecule is Cc1nc(-c2ccccn2)sc1C(=O)N1CCC(C(=O)Nc2ccccc2)CC1. The fraction of sp³-hybridized carbons (Fsp3) is 0.273. The number of piperidine rings is 1. The van der Waals surface area contributed by atoms with E-state index in [1.165, 1.54) is 11.3 Å². The minimum absolute atomic E-state index is 0.0101. The molecule has 0 radical (unpaired) electrons. The first-order chi connectivity index (χ1) is 14.1. The fourth-order valence-corrected chi connectivity index (χ4v) is 4.46. The van der Waals surface area contributed by atoms with Gasteiger partial charge in [-0.25, -0.2) is 4.98 Å². The number of nitrogens with one attached hydrogen (secondary N) is 1. The Morgan fingerprint density at radius 2 is 1.79 bits per heavy atom. The van der Waals surface area contributed by atoms with Gasteiger partial charge in [0, 0.05) is 30.9 Å². The van der Waals surface area contributed by atoms with Crippen LogP contribution in [0.1, 0.15) is 28.2 Å². The van der Waals surface area contributed by atoms with E-state index >= 15 is 0 Å². The highest BCUT2D eigenvalue weighted by Crippen LogP contribution is 2.29. The van der Waals surface area contributed by atoms with Crippen molar-refractivity contribution in [2.24, 2.45) is 5.92 Å². The van der Waals surface area contributed by atoms with Gasteiger partial charge in [-0.1, -0.05) is 24.3 Å². The Morgan fingerprint density at radius 1 is 1.07 bits per heavy atom. The number of likely N-dealkylation sites (tertiary alicyclic amines) is 1. The van der Waals surface area contributed by atoms with E-state index in [0.29, 0.717) is 30.8 Å². The van der Waals surface area contributed by atoms with Gasteiger partial charge in [-0.15, -0.1) is 11.3 Å². The molecule has 0 atom stereocenters. The highest BCUT2D eigenvalue weighted by Gasteiger charge is 2.29. The standard InChI is InChI=1S/C22H22N4O2S/c1-15-19(29-21(24-15)18-9-5-6-12-23-18)22(28)26-13-10-16(11-14-26)20(27)25-17-7-3-2-4-8-17/h2-9,12,16H,10-11,13-14H2,1H3,(H,25,27). The third-order valence-electron chi connectivity index (χ3n) is 5.07. The van der Waals surface area contributed by atoms with E-state index in [-0.39, 0.29) is 17.7 Å². The van der Waals surface area contributed by atoms with Crippen LogP contribution in [0.3, 0.4) is 0 Å². The third kappa shape index (κ3) is 4.35. The Hall–Kier alpha value is -3.06. The molecule has 29 heavy (non-hydrogen) atoms. The van der Waals surface area contributed by atoms with Gasteiger partial charge < -0.3 is 10.2 Å². The first kappa shape index (κ1) is 19.3. The van der Waals surface area contributed by atoms with Crippen molar-refractivity contribution in [2.45, 2.75) is 19.8 Å². The van der Waals surface area contributed by atoms with Crippen LogP contribution in [0.5, 0.6) is 0 Å². The van der Waals surface area contributed by atoms with Gasteiger partial charge in [0.2, 0.25) is 5.91 Å². The normalized spacial score (nSPS) is 14.6. The van der Waals surface area contributed by atoms with Crippen LogP contribution in [-0.2, 0) is 4.79 Å². The molecule has 2 amide bonds. The molecule has 1 aromatic carbocycles. The van der Waals surface area contributed by atoms with Crippen LogP contribution in [0, 0.1) is 12.8 Å². The van der Waals surface area contributed by atoms with Gasteiger partial charge in [-0.2, -0.15) is 0 Å². The van der Waals surface area contributed by atoms with Gasteiger partial charge in [0.15, 0.2) is 0 Å². The zero-order valence-electron chi connectivity index (χ0n) is 16.2. The predicted molar refractivity (Wildman–Crippen MR) is 114 cm³/mol. The lowest BCUT2D eigenvalue weighted by Gasteiger charge is -2.31. The molecule has 4 rings (SSSR count). The number of aromatic nitrogens is 2. The van der Waals surface area contributed by atoms with Crippen molar-refractivity contribution >= 4 is 28.8 Å². The van der Waals surface area contributed by atoms with Crippen LogP contribution >= 0.6 is 11.3 Å². The van der Waals surface area contributed by atoms with Crippen molar-refractivity contribution in [3.8, 4) is 10.7 Å². The smallest absolute Gasteiger partial charge is 0.265 e. The van der Waals surface area contributed by atoms with E-state index in [9.17, 15) is 9.59 Å². The largest absolute Gasteiger partial charge is 0.338 e. The summed E-state index contributed by atoms with van der Waals surface area (Å²) in [6.07, 6.45) is 3.05. The summed E-state index contributed by atoms with van der Waals surface area (Å²) in [5.74, 6) is -0.0651. The summed E-state index contributed by atoms with van der Waals surface area (Å²) in [5, 5.41) is 3.71. The van der Waals surface area contributed by atoms with Gasteiger partial charge in [-0.3, -0.25) is 14.6 Å². The molecule has 6 nitrogen and oxygen atoms in total. The lowest BCUT2D eigenvalue weighted by atomic mass is 9.95. The number of pyridine rings is 1. The number of amides is 2. The van der Waals surface area contributed by atoms with E-state index in [0.717, 1.165) is 22.1 Å². The molecular weight excluding hydrogens is 384 g/mol. The molecule has 0 spiro atoms. The maximum atomic E-state index is 13.0. The summed E-state index contributed by atoms with van der Waals surface area (Å²) in [6, 6.07) is 15.1. The number of benzene rings is 1. The van der Waals surface area contributed by atoms with Crippen molar-refractivity contribution in [2.75, 3.05) is 18.4 Å². The van der Waals surface area contributed by atoms with E-state index in [1.54, 1.807) is 6.20 Å². The van der Waals surface area contributed by atoms with E-state index in [4.69, 9.17) is 0 Å². The Kier molecular flexibility index (Phi) is 5.67. The second-order valence-corrected chi connectivity index (χ2v) is 8.07. The molecule has 0 aliphatic carbocycles. The molecule has 7 heteroatoms. The Balaban J connectivity index is 1.38. The molecule has 0 saturated carbocycles. The molecular formula is C22H22N4O2S. The maximum Gasteiger partial charge on any atom is 0.265 e. The lowest BCUT2D eigenvalue weighted by molar-refractivity contribution is -0.121. The second kappa shape index (κ2) is 8.53. The number of hydrogen-bond donors (Lipinski definition) is 1. The van der Waals surface area contributed by atoms with Gasteiger partial charge in [0.1, 0.15) is 9.88 Å². The molecule has 1 aliphatic rings. The number of carbonyl (C=O) groups excluding carboxylic acids is 2. The molecule has 0 unspecified atom stereocenters. The zero-order valence-corrected chi connectivity index (χ0v) is 17.0. The second-order valence-electron chi connectivity index (χ2n) is 7.07. The highest BCUT2D eigenvalue weighted by molar-refractivity contribution is 7.17. The molecule has 1 aliphatic heterocycles. The molecule has 3 aromatic rings. The van der Waals surface area contributed by atoms with Crippen molar-refractivity contribution in [3.63, 3.8) is 0 Å². The van der Waals surface area contributed by atoms with Gasteiger partial charge in [-0.05, 0) is 44.0 Å². The quantitative estimate of drug-likeness (QED) is 0.710. The topological polar surface area (TPSA) is 75.2 Å². The van der Waals surface area contributed by atoms with Crippen molar-refractivity contribution in [1.82, 2.24) is 14.9 Å². The van der Waals surface area contributed by atoms with Crippen LogP contribution in [0.25, 0.3) is 10.7 Å². The summed E-state index contributed by atoms with van der Waals surface area (Å²) in [6.45, 7) is 3.00. The predicted octanol–water partition coefficient (Wildman–Crippen LogP) is 4.00. The van der Waals surface area contributed by atoms with Crippen LogP contribution in [0.15, 0.2) is 54.7 Å². The highest BCUT2D eigenvalue weighted by atomic mass is 32.1. The molecule has 1 N–H and O–H groups in total. The average Bonchev–Trinajstić information content (AvgIpc) is 3.16. The van der Waals surface area contributed by atoms with Gasteiger partial charge >= 0.3 is 0 Å². The Morgan fingerprint density at radius 3 is 2.48 bits per heavy atom. The fourth-order valence-electron chi connectivity index (χ4n) is 3.45. The first-order valence-corrected chi connectivity index (χ1v) is 10.5. The monoisotopic (exact) mass is 406 g/mol. The molecule has 148 valence electrons. The molecule has 1 fully saturated rings. The summed E-state index contributed by atoms with van der Waals surface area (Å²) in [5.41, 5.74) is 2.30. The van der Waals surface area contributed by atoms with E-state index in [1.807, 2.05) is 60.4 Å². The number of anilines is 1.